The van der Waals surface area contributed by atoms with Crippen LogP contribution in [-0.4, -0.2) is 39.1 Å². The maximum Gasteiger partial charge on any atom is 0.253 e. The second-order valence-corrected chi connectivity index (χ2v) is 9.04. The fourth-order valence-electron chi connectivity index (χ4n) is 3.00. The number of anilines is 1. The second kappa shape index (κ2) is 6.80. The number of carbonyl (C=O) groups is 1. The number of hydrogen-bond acceptors (Lipinski definition) is 3. The lowest BCUT2D eigenvalue weighted by Crippen LogP contribution is -2.27. The average molecular weight is 423 g/mol. The van der Waals surface area contributed by atoms with Gasteiger partial charge in [-0.1, -0.05) is 28.1 Å². The summed E-state index contributed by atoms with van der Waals surface area (Å²) in [4.78, 5) is 14.3. The van der Waals surface area contributed by atoms with Gasteiger partial charge in [-0.3, -0.25) is 9.10 Å². The fraction of sp³-hybridized carbons (Fsp3) is 0.278. The Morgan fingerprint density at radius 2 is 1.88 bits per heavy atom. The van der Waals surface area contributed by atoms with Crippen LogP contribution in [0.3, 0.4) is 0 Å². The zero-order chi connectivity index (χ0) is 18.2. The third-order valence-corrected chi connectivity index (χ3v) is 5.97. The van der Waals surface area contributed by atoms with Gasteiger partial charge in [-0.15, -0.1) is 0 Å². The number of halogens is 1. The minimum Gasteiger partial charge on any atom is -0.337 e. The minimum absolute atomic E-state index is 0.0801. The van der Waals surface area contributed by atoms with Crippen molar-refractivity contribution in [3.8, 4) is 0 Å². The molecule has 2 aromatic carbocycles. The van der Waals surface area contributed by atoms with E-state index in [4.69, 9.17) is 0 Å². The van der Waals surface area contributed by atoms with Gasteiger partial charge in [0.15, 0.2) is 0 Å². The van der Waals surface area contributed by atoms with Crippen LogP contribution in [0.1, 0.15) is 21.5 Å². The lowest BCUT2D eigenvalue weighted by Gasteiger charge is -2.19. The molecule has 2 aromatic rings. The Morgan fingerprint density at radius 1 is 1.20 bits per heavy atom. The van der Waals surface area contributed by atoms with E-state index in [9.17, 15) is 13.2 Å². The maximum atomic E-state index is 12.7. The van der Waals surface area contributed by atoms with Crippen molar-refractivity contribution in [1.82, 2.24) is 4.90 Å². The molecule has 0 bridgehead atoms. The number of sulfonamides is 1. The van der Waals surface area contributed by atoms with Gasteiger partial charge in [0, 0.05) is 30.2 Å². The molecular formula is C18H19BrN2O3S. The van der Waals surface area contributed by atoms with Crippen LogP contribution in [0.4, 0.5) is 5.69 Å². The Balaban J connectivity index is 1.78. The predicted molar refractivity (Wildman–Crippen MR) is 102 cm³/mol. The molecule has 0 saturated carbocycles. The van der Waals surface area contributed by atoms with E-state index in [2.05, 4.69) is 15.9 Å². The molecular weight excluding hydrogens is 404 g/mol. The van der Waals surface area contributed by atoms with Crippen LogP contribution in [0.25, 0.3) is 0 Å². The molecule has 0 radical (unpaired) electrons. The summed E-state index contributed by atoms with van der Waals surface area (Å²) in [5.41, 5.74) is 3.19. The lowest BCUT2D eigenvalue weighted by molar-refractivity contribution is 0.0785. The maximum absolute atomic E-state index is 12.7. The number of carbonyl (C=O) groups excluding carboxylic acids is 1. The van der Waals surface area contributed by atoms with Crippen molar-refractivity contribution >= 4 is 37.5 Å². The summed E-state index contributed by atoms with van der Waals surface area (Å²) in [6, 6.07) is 13.1. The van der Waals surface area contributed by atoms with Gasteiger partial charge >= 0.3 is 0 Å². The second-order valence-electron chi connectivity index (χ2n) is 6.22. The van der Waals surface area contributed by atoms with Crippen LogP contribution in [0.5, 0.6) is 0 Å². The first-order valence-corrected chi connectivity index (χ1v) is 10.5. The van der Waals surface area contributed by atoms with Crippen LogP contribution in [-0.2, 0) is 23.0 Å². The van der Waals surface area contributed by atoms with Gasteiger partial charge in [-0.05, 0) is 47.9 Å². The van der Waals surface area contributed by atoms with Crippen molar-refractivity contribution in [3.63, 3.8) is 0 Å². The molecule has 0 atom stereocenters. The van der Waals surface area contributed by atoms with Gasteiger partial charge < -0.3 is 4.90 Å². The molecule has 1 aliphatic heterocycles. The smallest absolute Gasteiger partial charge is 0.253 e. The number of benzene rings is 2. The van der Waals surface area contributed by atoms with Crippen molar-refractivity contribution in [3.05, 3.63) is 63.6 Å². The van der Waals surface area contributed by atoms with Gasteiger partial charge in [0.25, 0.3) is 5.91 Å². The SMILES string of the molecule is CN(Cc1ccc(Br)cc1)C(=O)c1ccc2c(c1)CCN2S(C)(=O)=O. The molecule has 1 aliphatic rings. The van der Waals surface area contributed by atoms with Crippen molar-refractivity contribution < 1.29 is 13.2 Å². The summed E-state index contributed by atoms with van der Waals surface area (Å²) in [6.07, 6.45) is 1.83. The van der Waals surface area contributed by atoms with E-state index < -0.39 is 10.0 Å². The molecule has 1 amide bonds. The third kappa shape index (κ3) is 3.88. The molecule has 5 nitrogen and oxygen atoms in total. The van der Waals surface area contributed by atoms with Gasteiger partial charge in [0.1, 0.15) is 0 Å². The van der Waals surface area contributed by atoms with Crippen LogP contribution in [0.15, 0.2) is 46.9 Å². The molecule has 0 aromatic heterocycles. The van der Waals surface area contributed by atoms with Crippen molar-refractivity contribution in [2.45, 2.75) is 13.0 Å². The molecule has 7 heteroatoms. The van der Waals surface area contributed by atoms with E-state index in [0.29, 0.717) is 30.8 Å². The summed E-state index contributed by atoms with van der Waals surface area (Å²) in [5.74, 6) is -0.0801. The van der Waals surface area contributed by atoms with Crippen LogP contribution < -0.4 is 4.31 Å². The van der Waals surface area contributed by atoms with Crippen LogP contribution in [0.2, 0.25) is 0 Å². The van der Waals surface area contributed by atoms with E-state index in [1.807, 2.05) is 24.3 Å². The highest BCUT2D eigenvalue weighted by Crippen LogP contribution is 2.31. The Labute approximate surface area is 156 Å². The Hall–Kier alpha value is -1.86. The standard InChI is InChI=1S/C18H19BrN2O3S/c1-20(12-13-3-6-16(19)7-4-13)18(22)15-5-8-17-14(11-15)9-10-21(17)25(2,23)24/h3-8,11H,9-10,12H2,1-2H3. The first kappa shape index (κ1) is 17.9. The Bertz CT molecular complexity index is 910. The van der Waals surface area contributed by atoms with Gasteiger partial charge in [0.2, 0.25) is 10.0 Å². The quantitative estimate of drug-likeness (QED) is 0.760. The number of fused-ring (bicyclic) bond motifs is 1. The van der Waals surface area contributed by atoms with Crippen LogP contribution >= 0.6 is 15.9 Å². The van der Waals surface area contributed by atoms with Crippen molar-refractivity contribution in [1.29, 1.82) is 0 Å². The largest absolute Gasteiger partial charge is 0.337 e. The molecule has 25 heavy (non-hydrogen) atoms. The highest BCUT2D eigenvalue weighted by molar-refractivity contribution is 9.10. The number of amides is 1. The highest BCUT2D eigenvalue weighted by atomic mass is 79.9. The van der Waals surface area contributed by atoms with E-state index in [1.165, 1.54) is 10.6 Å². The minimum atomic E-state index is -3.28. The monoisotopic (exact) mass is 422 g/mol. The summed E-state index contributed by atoms with van der Waals surface area (Å²) in [5, 5.41) is 0. The van der Waals surface area contributed by atoms with E-state index in [0.717, 1.165) is 15.6 Å². The normalized spacial score (nSPS) is 13.6. The van der Waals surface area contributed by atoms with Gasteiger partial charge in [0.05, 0.1) is 11.9 Å². The molecule has 0 aliphatic carbocycles. The van der Waals surface area contributed by atoms with Crippen LogP contribution in [0, 0.1) is 0 Å². The number of rotatable bonds is 4. The summed E-state index contributed by atoms with van der Waals surface area (Å²) < 4.78 is 26.0. The number of nitrogens with zero attached hydrogens (tertiary/aromatic N) is 2. The first-order valence-electron chi connectivity index (χ1n) is 7.86. The lowest BCUT2D eigenvalue weighted by atomic mass is 10.1. The predicted octanol–water partition coefficient (Wildman–Crippen LogP) is 3.04. The van der Waals surface area contributed by atoms with Gasteiger partial charge in [-0.25, -0.2) is 8.42 Å². The zero-order valence-corrected chi connectivity index (χ0v) is 16.5. The summed E-state index contributed by atoms with van der Waals surface area (Å²) in [7, 11) is -1.51. The average Bonchev–Trinajstić information content (AvgIpc) is 2.99. The van der Waals surface area contributed by atoms with Gasteiger partial charge in [-0.2, -0.15) is 0 Å². The molecule has 0 fully saturated rings. The summed E-state index contributed by atoms with van der Waals surface area (Å²) in [6.45, 7) is 0.944. The molecule has 132 valence electrons. The van der Waals surface area contributed by atoms with E-state index in [1.54, 1.807) is 30.1 Å². The molecule has 1 heterocycles. The highest BCUT2D eigenvalue weighted by Gasteiger charge is 2.27. The van der Waals surface area contributed by atoms with Crippen molar-refractivity contribution in [2.24, 2.45) is 0 Å². The summed E-state index contributed by atoms with van der Waals surface area (Å²) >= 11 is 3.40. The molecule has 0 N–H and O–H groups in total. The molecule has 3 rings (SSSR count). The zero-order valence-electron chi connectivity index (χ0n) is 14.1. The Morgan fingerprint density at radius 3 is 2.52 bits per heavy atom. The van der Waals surface area contributed by atoms with Crippen molar-refractivity contribution in [2.75, 3.05) is 24.2 Å². The molecule has 0 unspecified atom stereocenters. The fourth-order valence-corrected chi connectivity index (χ4v) is 4.23. The third-order valence-electron chi connectivity index (χ3n) is 4.26. The molecule has 0 spiro atoms. The number of hydrogen-bond donors (Lipinski definition) is 0. The molecule has 0 saturated heterocycles. The van der Waals surface area contributed by atoms with E-state index >= 15 is 0 Å². The van der Waals surface area contributed by atoms with E-state index in [-0.39, 0.29) is 5.91 Å². The first-order chi connectivity index (χ1) is 11.8. The Kier molecular flexibility index (Phi) is 4.88. The topological polar surface area (TPSA) is 57.7 Å².